The van der Waals surface area contributed by atoms with Gasteiger partial charge in [-0.25, -0.2) is 4.79 Å². The average Bonchev–Trinajstić information content (AvgIpc) is 3.13. The SMILES string of the molecule is Cn1c(=O)n(CC2CCC(C(=O)Nc3ccncc3)CC2)c2cc(OCc3ccncc3)ccc21. The first kappa shape index (κ1) is 22.8. The number of hydrogen-bond donors (Lipinski definition) is 1. The van der Waals surface area contributed by atoms with Crippen molar-refractivity contribution in [1.82, 2.24) is 19.1 Å². The standard InChI is InChI=1S/C27H29N5O3/c1-31-24-7-6-23(35-18-20-8-12-28-13-9-20)16-25(24)32(27(31)34)17-19-2-4-21(5-3-19)26(33)30-22-10-14-29-15-11-22/h6-16,19,21H,2-5,17-18H2,1H3,(H,29,30,33). The maximum Gasteiger partial charge on any atom is 0.328 e. The average molecular weight is 472 g/mol. The van der Waals surface area contributed by atoms with Gasteiger partial charge in [-0.1, -0.05) is 0 Å². The predicted octanol–water partition coefficient (Wildman–Crippen LogP) is 4.15. The first-order valence-electron chi connectivity index (χ1n) is 12.0. The first-order valence-corrected chi connectivity index (χ1v) is 12.0. The number of ether oxygens (including phenoxy) is 1. The van der Waals surface area contributed by atoms with E-state index in [2.05, 4.69) is 15.3 Å². The molecule has 0 unspecified atom stereocenters. The van der Waals surface area contributed by atoms with Gasteiger partial charge in [0.25, 0.3) is 0 Å². The fraction of sp³-hybridized carbons (Fsp3) is 0.333. The lowest BCUT2D eigenvalue weighted by Crippen LogP contribution is -2.30. The van der Waals surface area contributed by atoms with Crippen LogP contribution in [0.3, 0.4) is 0 Å². The van der Waals surface area contributed by atoms with Crippen LogP contribution in [-0.4, -0.2) is 25.0 Å². The Morgan fingerprint density at radius 3 is 2.37 bits per heavy atom. The van der Waals surface area contributed by atoms with Gasteiger partial charge in [-0.15, -0.1) is 0 Å². The molecule has 1 aliphatic carbocycles. The number of nitrogens with one attached hydrogen (secondary N) is 1. The third-order valence-electron chi connectivity index (χ3n) is 6.88. The van der Waals surface area contributed by atoms with Gasteiger partial charge in [0.15, 0.2) is 0 Å². The molecule has 0 bridgehead atoms. The molecule has 3 aromatic heterocycles. The number of imidazole rings is 1. The minimum absolute atomic E-state index is 0.00292. The van der Waals surface area contributed by atoms with Gasteiger partial charge in [0, 0.05) is 56.1 Å². The Morgan fingerprint density at radius 2 is 1.66 bits per heavy atom. The molecule has 1 fully saturated rings. The lowest BCUT2D eigenvalue weighted by atomic mass is 9.81. The highest BCUT2D eigenvalue weighted by Gasteiger charge is 2.27. The van der Waals surface area contributed by atoms with Gasteiger partial charge in [0.05, 0.1) is 11.0 Å². The molecule has 180 valence electrons. The number of pyridine rings is 2. The van der Waals surface area contributed by atoms with Gasteiger partial charge in [-0.05, 0) is 73.6 Å². The van der Waals surface area contributed by atoms with Crippen LogP contribution in [0.4, 0.5) is 5.69 Å². The molecule has 4 aromatic rings. The molecule has 0 aliphatic heterocycles. The van der Waals surface area contributed by atoms with Crippen LogP contribution in [0.25, 0.3) is 11.0 Å². The molecule has 0 saturated heterocycles. The van der Waals surface area contributed by atoms with Crippen molar-refractivity contribution in [3.05, 3.63) is 83.3 Å². The highest BCUT2D eigenvalue weighted by atomic mass is 16.5. The molecule has 5 rings (SSSR count). The number of rotatable bonds is 7. The smallest absolute Gasteiger partial charge is 0.328 e. The Bertz CT molecular complexity index is 1360. The summed E-state index contributed by atoms with van der Waals surface area (Å²) in [6, 6.07) is 13.2. The number of nitrogens with zero attached hydrogens (tertiary/aromatic N) is 4. The summed E-state index contributed by atoms with van der Waals surface area (Å²) in [7, 11) is 1.80. The molecule has 0 radical (unpaired) electrons. The van der Waals surface area contributed by atoms with Crippen molar-refractivity contribution in [3.63, 3.8) is 0 Å². The molecule has 1 saturated carbocycles. The molecular formula is C27H29N5O3. The number of benzene rings is 1. The van der Waals surface area contributed by atoms with Crippen molar-refractivity contribution in [2.75, 3.05) is 5.32 Å². The zero-order valence-corrected chi connectivity index (χ0v) is 19.8. The van der Waals surface area contributed by atoms with Crippen molar-refractivity contribution in [2.24, 2.45) is 18.9 Å². The third kappa shape index (κ3) is 5.11. The van der Waals surface area contributed by atoms with E-state index in [0.717, 1.165) is 53.7 Å². The fourth-order valence-corrected chi connectivity index (χ4v) is 4.85. The molecule has 8 heteroatoms. The first-order chi connectivity index (χ1) is 17.1. The van der Waals surface area contributed by atoms with E-state index in [1.54, 1.807) is 48.5 Å². The number of hydrogen-bond acceptors (Lipinski definition) is 5. The number of aromatic nitrogens is 4. The number of fused-ring (bicyclic) bond motifs is 1. The highest BCUT2D eigenvalue weighted by molar-refractivity contribution is 5.92. The van der Waals surface area contributed by atoms with E-state index in [4.69, 9.17) is 4.74 Å². The number of amides is 1. The van der Waals surface area contributed by atoms with E-state index in [1.165, 1.54) is 0 Å². The predicted molar refractivity (Wildman–Crippen MR) is 134 cm³/mol. The van der Waals surface area contributed by atoms with Crippen LogP contribution in [0.2, 0.25) is 0 Å². The van der Waals surface area contributed by atoms with E-state index < -0.39 is 0 Å². The van der Waals surface area contributed by atoms with Gasteiger partial charge in [-0.2, -0.15) is 0 Å². The Kier molecular flexibility index (Phi) is 6.61. The van der Waals surface area contributed by atoms with E-state index in [0.29, 0.717) is 19.1 Å². The van der Waals surface area contributed by atoms with Crippen LogP contribution < -0.4 is 15.7 Å². The van der Waals surface area contributed by atoms with Gasteiger partial charge >= 0.3 is 5.69 Å². The molecular weight excluding hydrogens is 442 g/mol. The summed E-state index contributed by atoms with van der Waals surface area (Å²) in [5, 5.41) is 2.99. The second-order valence-electron chi connectivity index (χ2n) is 9.19. The summed E-state index contributed by atoms with van der Waals surface area (Å²) in [4.78, 5) is 33.7. The molecule has 1 aliphatic rings. The monoisotopic (exact) mass is 471 g/mol. The molecule has 35 heavy (non-hydrogen) atoms. The molecule has 3 heterocycles. The van der Waals surface area contributed by atoms with Crippen LogP contribution in [0.15, 0.2) is 72.0 Å². The molecule has 0 spiro atoms. The third-order valence-corrected chi connectivity index (χ3v) is 6.88. The minimum atomic E-state index is -0.0242. The summed E-state index contributed by atoms with van der Waals surface area (Å²) in [5.41, 5.74) is 3.55. The van der Waals surface area contributed by atoms with Crippen molar-refractivity contribution >= 4 is 22.6 Å². The molecule has 8 nitrogen and oxygen atoms in total. The maximum atomic E-state index is 13.0. The topological polar surface area (TPSA) is 91.0 Å². The largest absolute Gasteiger partial charge is 0.489 e. The van der Waals surface area contributed by atoms with Crippen LogP contribution in [0.5, 0.6) is 5.75 Å². The van der Waals surface area contributed by atoms with Crippen LogP contribution in [-0.2, 0) is 25.0 Å². The van der Waals surface area contributed by atoms with Crippen LogP contribution in [0, 0.1) is 11.8 Å². The quantitative estimate of drug-likeness (QED) is 0.437. The molecule has 1 N–H and O–H groups in total. The lowest BCUT2D eigenvalue weighted by molar-refractivity contribution is -0.121. The Morgan fingerprint density at radius 1 is 0.971 bits per heavy atom. The summed E-state index contributed by atoms with van der Waals surface area (Å²) in [5.74, 6) is 1.14. The number of carbonyl (C=O) groups excluding carboxylic acids is 1. The lowest BCUT2D eigenvalue weighted by Gasteiger charge is -2.28. The summed E-state index contributed by atoms with van der Waals surface area (Å²) < 4.78 is 9.53. The van der Waals surface area contributed by atoms with Gasteiger partial charge in [-0.3, -0.25) is 23.9 Å². The number of carbonyl (C=O) groups is 1. The van der Waals surface area contributed by atoms with E-state index in [-0.39, 0.29) is 17.5 Å². The summed E-state index contributed by atoms with van der Waals surface area (Å²) >= 11 is 0. The van der Waals surface area contributed by atoms with Crippen LogP contribution >= 0.6 is 0 Å². The van der Waals surface area contributed by atoms with Crippen molar-refractivity contribution in [3.8, 4) is 5.75 Å². The highest BCUT2D eigenvalue weighted by Crippen LogP contribution is 2.31. The second kappa shape index (κ2) is 10.1. The zero-order chi connectivity index (χ0) is 24.2. The normalized spacial score (nSPS) is 17.9. The second-order valence-corrected chi connectivity index (χ2v) is 9.19. The minimum Gasteiger partial charge on any atom is -0.489 e. The molecule has 0 atom stereocenters. The molecule has 1 amide bonds. The fourth-order valence-electron chi connectivity index (χ4n) is 4.85. The Labute approximate surface area is 203 Å². The zero-order valence-electron chi connectivity index (χ0n) is 19.8. The Hall–Kier alpha value is -3.94. The maximum absolute atomic E-state index is 13.0. The van der Waals surface area contributed by atoms with Crippen molar-refractivity contribution < 1.29 is 9.53 Å². The van der Waals surface area contributed by atoms with E-state index in [1.807, 2.05) is 34.9 Å². The van der Waals surface area contributed by atoms with Gasteiger partial charge in [0.2, 0.25) is 5.91 Å². The van der Waals surface area contributed by atoms with Crippen LogP contribution in [0.1, 0.15) is 31.2 Å². The number of anilines is 1. The van der Waals surface area contributed by atoms with E-state index in [9.17, 15) is 9.59 Å². The number of aryl methyl sites for hydroxylation is 1. The van der Waals surface area contributed by atoms with Crippen molar-refractivity contribution in [1.29, 1.82) is 0 Å². The molecule has 1 aromatic carbocycles. The van der Waals surface area contributed by atoms with Crippen molar-refractivity contribution in [2.45, 2.75) is 38.8 Å². The summed E-state index contributed by atoms with van der Waals surface area (Å²) in [6.07, 6.45) is 10.3. The van der Waals surface area contributed by atoms with Gasteiger partial charge in [0.1, 0.15) is 12.4 Å². The van der Waals surface area contributed by atoms with E-state index >= 15 is 0 Å². The summed E-state index contributed by atoms with van der Waals surface area (Å²) in [6.45, 7) is 1.08. The Balaban J connectivity index is 1.25. The van der Waals surface area contributed by atoms with Gasteiger partial charge < -0.3 is 10.1 Å².